The fourth-order valence-electron chi connectivity index (χ4n) is 3.76. The minimum Gasteiger partial charge on any atom is -0.340 e. The van der Waals surface area contributed by atoms with Crippen molar-refractivity contribution < 1.29 is 16.8 Å². The summed E-state index contributed by atoms with van der Waals surface area (Å²) < 4.78 is 57.9. The van der Waals surface area contributed by atoms with Crippen LogP contribution in [0.4, 0.5) is 0 Å². The first-order chi connectivity index (χ1) is 15.0. The van der Waals surface area contributed by atoms with E-state index in [-0.39, 0.29) is 34.0 Å². The highest BCUT2D eigenvalue weighted by Crippen LogP contribution is 2.30. The highest BCUT2D eigenvalue weighted by molar-refractivity contribution is 7.90. The van der Waals surface area contributed by atoms with Gasteiger partial charge in [-0.25, -0.2) is 8.42 Å². The molecule has 0 unspecified atom stereocenters. The van der Waals surface area contributed by atoms with Gasteiger partial charge in [0.25, 0.3) is 10.0 Å². The number of rotatable bonds is 6. The van der Waals surface area contributed by atoms with Gasteiger partial charge < -0.3 is 4.90 Å². The van der Waals surface area contributed by atoms with Crippen molar-refractivity contribution in [1.29, 1.82) is 0 Å². The molecule has 0 saturated carbocycles. The minimum absolute atomic E-state index is 0.0649. The van der Waals surface area contributed by atoms with Gasteiger partial charge in [-0.2, -0.15) is 12.7 Å². The van der Waals surface area contributed by atoms with Crippen molar-refractivity contribution in [2.45, 2.75) is 43.7 Å². The van der Waals surface area contributed by atoms with E-state index >= 15 is 0 Å². The zero-order valence-corrected chi connectivity index (χ0v) is 21.0. The Hall–Kier alpha value is -1.94. The molecule has 0 N–H and O–H groups in total. The first kappa shape index (κ1) is 24.7. The van der Waals surface area contributed by atoms with Gasteiger partial charge in [-0.05, 0) is 44.0 Å². The molecule has 7 nitrogen and oxygen atoms in total. The largest absolute Gasteiger partial charge is 0.340 e. The summed E-state index contributed by atoms with van der Waals surface area (Å²) in [4.78, 5) is 1.96. The highest BCUT2D eigenvalue weighted by atomic mass is 35.5. The lowest BCUT2D eigenvalue weighted by atomic mass is 10.1. The molecule has 1 aliphatic rings. The molecular weight excluding hydrogens is 470 g/mol. The van der Waals surface area contributed by atoms with E-state index < -0.39 is 26.2 Å². The molecule has 1 saturated heterocycles. The molecule has 1 fully saturated rings. The average molecular weight is 498 g/mol. The molecule has 0 spiro atoms. The summed E-state index contributed by atoms with van der Waals surface area (Å²) in [7, 11) is -7.77. The van der Waals surface area contributed by atoms with Crippen LogP contribution in [0, 0.1) is 19.8 Å². The van der Waals surface area contributed by atoms with Crippen LogP contribution in [-0.2, 0) is 20.0 Å². The Kier molecular flexibility index (Phi) is 7.34. The van der Waals surface area contributed by atoms with E-state index in [9.17, 15) is 16.8 Å². The second-order valence-corrected chi connectivity index (χ2v) is 12.0. The van der Waals surface area contributed by atoms with Crippen molar-refractivity contribution in [1.82, 2.24) is 9.21 Å². The van der Waals surface area contributed by atoms with Crippen molar-refractivity contribution in [2.24, 2.45) is 10.3 Å². The van der Waals surface area contributed by atoms with Crippen molar-refractivity contribution in [2.75, 3.05) is 19.0 Å². The standard InChI is InChI=1S/C22H28ClN3O4S2/c1-16(2)22-25(13-14-26(22)32(29,30)20-11-7-18(4)8-12-20)21(15-23)24-31(27,28)19-9-5-17(3)6-10-19/h5-12,16,22H,13-15H2,1-4H3/t22-/m1/s1. The van der Waals surface area contributed by atoms with E-state index in [1.54, 1.807) is 41.3 Å². The number of halogens is 1. The molecule has 3 rings (SSSR count). The Labute approximate surface area is 195 Å². The fraction of sp³-hybridized carbons (Fsp3) is 0.409. The van der Waals surface area contributed by atoms with E-state index in [4.69, 9.17) is 11.6 Å². The smallest absolute Gasteiger partial charge is 0.283 e. The number of hydrogen-bond donors (Lipinski definition) is 0. The molecule has 0 amide bonds. The molecule has 0 aliphatic carbocycles. The molecule has 10 heteroatoms. The van der Waals surface area contributed by atoms with Gasteiger partial charge in [-0.15, -0.1) is 16.0 Å². The van der Waals surface area contributed by atoms with E-state index in [1.807, 2.05) is 27.7 Å². The lowest BCUT2D eigenvalue weighted by Crippen LogP contribution is -2.48. The molecule has 0 aromatic heterocycles. The molecule has 174 valence electrons. The van der Waals surface area contributed by atoms with Gasteiger partial charge in [0.1, 0.15) is 5.84 Å². The molecular formula is C22H28ClN3O4S2. The Morgan fingerprint density at radius 1 is 0.938 bits per heavy atom. The van der Waals surface area contributed by atoms with Gasteiger partial charge in [0.2, 0.25) is 10.0 Å². The van der Waals surface area contributed by atoms with Crippen LogP contribution in [0.2, 0.25) is 0 Å². The minimum atomic E-state index is -3.99. The van der Waals surface area contributed by atoms with Gasteiger partial charge in [0.15, 0.2) is 0 Å². The van der Waals surface area contributed by atoms with Crippen LogP contribution < -0.4 is 0 Å². The van der Waals surface area contributed by atoms with Crippen molar-refractivity contribution in [3.05, 3.63) is 59.7 Å². The summed E-state index contributed by atoms with van der Waals surface area (Å²) in [5.74, 6) is -0.159. The Bertz CT molecular complexity index is 1190. The maximum atomic E-state index is 13.4. The summed E-state index contributed by atoms with van der Waals surface area (Å²) in [6.07, 6.45) is -0.605. The number of benzene rings is 2. The molecule has 1 heterocycles. The van der Waals surface area contributed by atoms with Gasteiger partial charge in [0.05, 0.1) is 21.8 Å². The second kappa shape index (κ2) is 9.51. The zero-order chi connectivity index (χ0) is 23.7. The second-order valence-electron chi connectivity index (χ2n) is 8.21. The first-order valence-corrected chi connectivity index (χ1v) is 13.7. The summed E-state index contributed by atoms with van der Waals surface area (Å²) in [6, 6.07) is 13.1. The Morgan fingerprint density at radius 2 is 1.44 bits per heavy atom. The van der Waals surface area contributed by atoms with Gasteiger partial charge >= 0.3 is 0 Å². The number of alkyl halides is 1. The first-order valence-electron chi connectivity index (χ1n) is 10.3. The summed E-state index contributed by atoms with van der Waals surface area (Å²) in [5, 5.41) is 0. The topological polar surface area (TPSA) is 87.1 Å². The van der Waals surface area contributed by atoms with E-state index in [0.29, 0.717) is 6.54 Å². The highest BCUT2D eigenvalue weighted by Gasteiger charge is 2.43. The third-order valence-electron chi connectivity index (χ3n) is 5.39. The van der Waals surface area contributed by atoms with E-state index in [0.717, 1.165) is 11.1 Å². The van der Waals surface area contributed by atoms with Crippen LogP contribution in [0.25, 0.3) is 0 Å². The fourth-order valence-corrected chi connectivity index (χ4v) is 6.79. The normalized spacial score (nSPS) is 18.5. The quantitative estimate of drug-likeness (QED) is 0.345. The Balaban J connectivity index is 1.98. The van der Waals surface area contributed by atoms with Crippen LogP contribution in [-0.4, -0.2) is 57.0 Å². The van der Waals surface area contributed by atoms with Crippen molar-refractivity contribution in [3.63, 3.8) is 0 Å². The van der Waals surface area contributed by atoms with Crippen molar-refractivity contribution >= 4 is 37.5 Å². The van der Waals surface area contributed by atoms with Gasteiger partial charge in [-0.3, -0.25) is 0 Å². The van der Waals surface area contributed by atoms with Gasteiger partial charge in [-0.1, -0.05) is 49.2 Å². The number of amidine groups is 1. The Morgan fingerprint density at radius 3 is 1.91 bits per heavy atom. The lowest BCUT2D eigenvalue weighted by Gasteiger charge is -2.34. The number of hydrogen-bond acceptors (Lipinski definition) is 4. The summed E-state index contributed by atoms with van der Waals surface area (Å²) >= 11 is 6.13. The van der Waals surface area contributed by atoms with Crippen LogP contribution in [0.15, 0.2) is 62.7 Å². The third kappa shape index (κ3) is 5.01. The van der Waals surface area contributed by atoms with Crippen LogP contribution >= 0.6 is 11.6 Å². The average Bonchev–Trinajstić information content (AvgIpc) is 3.19. The molecule has 1 atom stereocenters. The van der Waals surface area contributed by atoms with Crippen LogP contribution in [0.1, 0.15) is 25.0 Å². The number of nitrogens with zero attached hydrogens (tertiary/aromatic N) is 3. The van der Waals surface area contributed by atoms with Gasteiger partial charge in [0, 0.05) is 13.1 Å². The molecule has 2 aromatic carbocycles. The number of aryl methyl sites for hydroxylation is 2. The summed E-state index contributed by atoms with van der Waals surface area (Å²) in [5.41, 5.74) is 1.90. The maximum Gasteiger partial charge on any atom is 0.283 e. The van der Waals surface area contributed by atoms with E-state index in [2.05, 4.69) is 4.40 Å². The SMILES string of the molecule is Cc1ccc(S(=O)(=O)N=C(CCl)N2CCN(S(=O)(=O)c3ccc(C)cc3)[C@@H]2C(C)C)cc1. The number of sulfonamides is 2. The van der Waals surface area contributed by atoms with Crippen molar-refractivity contribution in [3.8, 4) is 0 Å². The van der Waals surface area contributed by atoms with Crippen LogP contribution in [0.3, 0.4) is 0 Å². The summed E-state index contributed by atoms with van der Waals surface area (Å²) in [6.45, 7) is 8.04. The zero-order valence-electron chi connectivity index (χ0n) is 18.6. The predicted octanol–water partition coefficient (Wildman–Crippen LogP) is 3.62. The van der Waals surface area contributed by atoms with Crippen LogP contribution in [0.5, 0.6) is 0 Å². The molecule has 1 aliphatic heterocycles. The molecule has 2 aromatic rings. The molecule has 32 heavy (non-hydrogen) atoms. The molecule has 0 bridgehead atoms. The maximum absolute atomic E-state index is 13.4. The lowest BCUT2D eigenvalue weighted by molar-refractivity contribution is 0.211. The predicted molar refractivity (Wildman–Crippen MR) is 127 cm³/mol. The van der Waals surface area contributed by atoms with E-state index in [1.165, 1.54) is 16.4 Å². The molecule has 0 radical (unpaired) electrons. The third-order valence-corrected chi connectivity index (χ3v) is 8.84. The monoisotopic (exact) mass is 497 g/mol.